The molecule has 0 aliphatic rings. The molecular weight excluding hydrogens is 226 g/mol. The van der Waals surface area contributed by atoms with Gasteiger partial charge in [-0.2, -0.15) is 0 Å². The zero-order valence-electron chi connectivity index (χ0n) is 14.3. The molecule has 1 atom stereocenters. The highest BCUT2D eigenvalue weighted by Crippen LogP contribution is 2.57. The molecule has 0 aromatic rings. The summed E-state index contributed by atoms with van der Waals surface area (Å²) < 4.78 is 0. The van der Waals surface area contributed by atoms with E-state index in [0.717, 1.165) is 12.8 Å². The monoisotopic (exact) mass is 260 g/mol. The van der Waals surface area contributed by atoms with Gasteiger partial charge in [-0.25, -0.2) is 0 Å². The van der Waals surface area contributed by atoms with Gasteiger partial charge in [0, 0.05) is 0 Å². The summed E-state index contributed by atoms with van der Waals surface area (Å²) in [7, 11) is 13.2. The minimum Gasteiger partial charge on any atom is -0.0892 e. The summed E-state index contributed by atoms with van der Waals surface area (Å²) in [6.45, 7) is 13.3. The first-order chi connectivity index (χ1) is 8.62. The molecule has 4 radical (unpaired) electrons. The number of rotatable bonds is 9. The topological polar surface area (TPSA) is 0 Å². The second kappa shape index (κ2) is 7.79. The molecule has 19 heavy (non-hydrogen) atoms. The molecule has 0 aromatic carbocycles. The fourth-order valence-electron chi connectivity index (χ4n) is 2.95. The van der Waals surface area contributed by atoms with Gasteiger partial charge in [0.1, 0.15) is 0 Å². The Kier molecular flexibility index (Phi) is 7.84. The molecule has 0 aliphatic carbocycles. The minimum absolute atomic E-state index is 0.0367. The highest BCUT2D eigenvalue weighted by atomic mass is 14.4. The fourth-order valence-corrected chi connectivity index (χ4v) is 2.95. The van der Waals surface area contributed by atoms with Crippen molar-refractivity contribution in [3.8, 4) is 0 Å². The first kappa shape index (κ1) is 19.1. The Morgan fingerprint density at radius 2 is 1.16 bits per heavy atom. The molecule has 0 fully saturated rings. The van der Waals surface area contributed by atoms with Crippen molar-refractivity contribution >= 4 is 15.7 Å². The van der Waals surface area contributed by atoms with E-state index >= 15 is 0 Å². The van der Waals surface area contributed by atoms with Crippen molar-refractivity contribution in [2.24, 2.45) is 10.8 Å². The van der Waals surface area contributed by atoms with Crippen molar-refractivity contribution in [3.05, 3.63) is 0 Å². The smallest absolute Gasteiger partial charge is 0.0634 e. The van der Waals surface area contributed by atoms with Crippen molar-refractivity contribution < 1.29 is 0 Å². The van der Waals surface area contributed by atoms with Gasteiger partial charge in [0.25, 0.3) is 0 Å². The molecule has 0 spiro atoms. The lowest BCUT2D eigenvalue weighted by molar-refractivity contribution is 0.128. The van der Waals surface area contributed by atoms with E-state index in [9.17, 15) is 0 Å². The molecule has 0 rings (SSSR count). The van der Waals surface area contributed by atoms with Gasteiger partial charge in [-0.15, -0.1) is 0 Å². The van der Waals surface area contributed by atoms with E-state index in [0.29, 0.717) is 0 Å². The third kappa shape index (κ3) is 5.20. The van der Waals surface area contributed by atoms with E-state index in [-0.39, 0.29) is 10.8 Å². The van der Waals surface area contributed by atoms with Crippen LogP contribution >= 0.6 is 0 Å². The minimum atomic E-state index is -0.610. The normalized spacial score (nSPS) is 16.3. The molecule has 2 heteroatoms. The maximum absolute atomic E-state index is 6.61. The predicted octanol–water partition coefficient (Wildman–Crippen LogP) is 5.65. The van der Waals surface area contributed by atoms with E-state index in [2.05, 4.69) is 41.5 Å². The summed E-state index contributed by atoms with van der Waals surface area (Å²) in [4.78, 5) is 0. The average Bonchev–Trinajstić information content (AvgIpc) is 2.30. The molecule has 0 N–H and O–H groups in total. The van der Waals surface area contributed by atoms with Crippen LogP contribution in [0.1, 0.15) is 92.9 Å². The molecule has 0 aliphatic heterocycles. The highest BCUT2D eigenvalue weighted by Gasteiger charge is 2.45. The Balaban J connectivity index is 4.85. The quantitative estimate of drug-likeness (QED) is 0.371. The van der Waals surface area contributed by atoms with Crippen LogP contribution in [0.2, 0.25) is 5.21 Å². The van der Waals surface area contributed by atoms with E-state index in [1.165, 1.54) is 38.5 Å². The summed E-state index contributed by atoms with van der Waals surface area (Å²) in [6.07, 6.45) is 9.88. The summed E-state index contributed by atoms with van der Waals surface area (Å²) in [6, 6.07) is 0. The van der Waals surface area contributed by atoms with Crippen LogP contribution in [0.3, 0.4) is 0 Å². The Morgan fingerprint density at radius 3 is 1.58 bits per heavy atom. The largest absolute Gasteiger partial charge is 0.0892 e. The van der Waals surface area contributed by atoms with E-state index < -0.39 is 5.21 Å². The molecule has 0 saturated carbocycles. The third-order valence-corrected chi connectivity index (χ3v) is 4.90. The number of hydrogen-bond acceptors (Lipinski definition) is 0. The highest BCUT2D eigenvalue weighted by molar-refractivity contribution is 6.41. The van der Waals surface area contributed by atoms with Crippen LogP contribution in [-0.4, -0.2) is 15.7 Å². The molecule has 0 heterocycles. The van der Waals surface area contributed by atoms with Gasteiger partial charge in [0.05, 0.1) is 15.7 Å². The van der Waals surface area contributed by atoms with Crippen molar-refractivity contribution in [2.75, 3.05) is 0 Å². The van der Waals surface area contributed by atoms with Crippen molar-refractivity contribution in [1.29, 1.82) is 0 Å². The van der Waals surface area contributed by atoms with Crippen LogP contribution in [0.15, 0.2) is 0 Å². The van der Waals surface area contributed by atoms with Crippen LogP contribution in [-0.2, 0) is 0 Å². The van der Waals surface area contributed by atoms with E-state index in [1.54, 1.807) is 0 Å². The zero-order chi connectivity index (χ0) is 15.2. The Hall–Kier alpha value is 0.130. The van der Waals surface area contributed by atoms with Crippen molar-refractivity contribution in [3.63, 3.8) is 0 Å². The SMILES string of the molecule is [B]C([B])(C(C)(C)C)C(C)(CCCC)CCCCCC. The average molecular weight is 260 g/mol. The van der Waals surface area contributed by atoms with Crippen LogP contribution in [0, 0.1) is 10.8 Å². The second-order valence-corrected chi connectivity index (χ2v) is 7.59. The van der Waals surface area contributed by atoms with E-state index in [4.69, 9.17) is 15.7 Å². The molecule has 0 aromatic heterocycles. The summed E-state index contributed by atoms with van der Waals surface area (Å²) in [5, 5.41) is -0.610. The maximum atomic E-state index is 6.61. The van der Waals surface area contributed by atoms with Gasteiger partial charge in [0.15, 0.2) is 0 Å². The summed E-state index contributed by atoms with van der Waals surface area (Å²) in [5.41, 5.74) is -0.0325. The van der Waals surface area contributed by atoms with Crippen molar-refractivity contribution in [1.82, 2.24) is 0 Å². The van der Waals surface area contributed by atoms with Gasteiger partial charge in [-0.1, -0.05) is 85.3 Å². The van der Waals surface area contributed by atoms with E-state index in [1.807, 2.05) is 0 Å². The van der Waals surface area contributed by atoms with Gasteiger partial charge >= 0.3 is 0 Å². The van der Waals surface area contributed by atoms with Gasteiger partial charge in [-0.05, 0) is 23.7 Å². The molecular formula is C17H34B2. The molecule has 1 unspecified atom stereocenters. The Bertz CT molecular complexity index is 240. The standard InChI is InChI=1S/C17H34B2/c1-7-9-11-12-14-16(6,13-10-8-2)17(18,19)15(3,4)5/h7-14H2,1-6H3. The van der Waals surface area contributed by atoms with Crippen LogP contribution in [0.5, 0.6) is 0 Å². The Morgan fingerprint density at radius 1 is 0.684 bits per heavy atom. The molecule has 0 saturated heterocycles. The van der Waals surface area contributed by atoms with Gasteiger partial charge in [-0.3, -0.25) is 0 Å². The zero-order valence-corrected chi connectivity index (χ0v) is 14.3. The number of unbranched alkanes of at least 4 members (excludes halogenated alkanes) is 4. The fraction of sp³-hybridized carbons (Fsp3) is 1.00. The van der Waals surface area contributed by atoms with Gasteiger partial charge in [0.2, 0.25) is 0 Å². The first-order valence-corrected chi connectivity index (χ1v) is 8.20. The second-order valence-electron chi connectivity index (χ2n) is 7.59. The van der Waals surface area contributed by atoms with Crippen LogP contribution in [0.25, 0.3) is 0 Å². The molecule has 0 amide bonds. The van der Waals surface area contributed by atoms with Crippen molar-refractivity contribution in [2.45, 2.75) is 98.1 Å². The molecule has 0 nitrogen and oxygen atoms in total. The lowest BCUT2D eigenvalue weighted by atomic mass is 9.33. The first-order valence-electron chi connectivity index (χ1n) is 8.20. The number of hydrogen-bond donors (Lipinski definition) is 0. The molecule has 108 valence electrons. The Labute approximate surface area is 125 Å². The van der Waals surface area contributed by atoms with Gasteiger partial charge < -0.3 is 0 Å². The third-order valence-electron chi connectivity index (χ3n) is 4.90. The lowest BCUT2D eigenvalue weighted by Gasteiger charge is -2.54. The van der Waals surface area contributed by atoms with Crippen LogP contribution in [0.4, 0.5) is 0 Å². The van der Waals surface area contributed by atoms with Crippen LogP contribution < -0.4 is 0 Å². The molecule has 0 bridgehead atoms. The maximum Gasteiger partial charge on any atom is 0.0634 e. The lowest BCUT2D eigenvalue weighted by Crippen LogP contribution is -2.44. The summed E-state index contributed by atoms with van der Waals surface area (Å²) >= 11 is 0. The predicted molar refractivity (Wildman–Crippen MR) is 90.0 cm³/mol. The summed E-state index contributed by atoms with van der Waals surface area (Å²) in [5.74, 6) is 0.